The molecule has 1 aromatic heterocycles. The molecule has 0 saturated heterocycles. The number of methoxy groups -OCH3 is 1. The number of ether oxygens (including phenoxy) is 2. The second kappa shape index (κ2) is 9.10. The number of rotatable bonds is 7. The smallest absolute Gasteiger partial charge is 0.255 e. The number of hydrogen-bond acceptors (Lipinski definition) is 5. The molecule has 2 N–H and O–H groups in total. The van der Waals surface area contributed by atoms with E-state index in [1.165, 1.54) is 0 Å². The summed E-state index contributed by atoms with van der Waals surface area (Å²) in [6.45, 7) is 2.51. The molecule has 0 fully saturated rings. The standard InChI is InChI=1S/C21H20ClN3O3/c1-3-28-17-7-5-16(6-8-17)24-21(26)14-10-11-23-20(12-14)25-18-13-15(22)4-9-19(18)27-2/h4-13H,3H2,1-2H3,(H,23,25)(H,24,26). The van der Waals surface area contributed by atoms with Crippen LogP contribution >= 0.6 is 11.6 Å². The van der Waals surface area contributed by atoms with Gasteiger partial charge in [-0.1, -0.05) is 11.6 Å². The summed E-state index contributed by atoms with van der Waals surface area (Å²) in [4.78, 5) is 16.8. The van der Waals surface area contributed by atoms with Crippen LogP contribution in [0.4, 0.5) is 17.2 Å². The number of anilines is 3. The van der Waals surface area contributed by atoms with Gasteiger partial charge >= 0.3 is 0 Å². The first-order valence-corrected chi connectivity index (χ1v) is 9.07. The summed E-state index contributed by atoms with van der Waals surface area (Å²) in [6, 6.07) is 15.7. The highest BCUT2D eigenvalue weighted by Gasteiger charge is 2.10. The number of aromatic nitrogens is 1. The third-order valence-corrected chi connectivity index (χ3v) is 4.10. The summed E-state index contributed by atoms with van der Waals surface area (Å²) >= 11 is 6.05. The summed E-state index contributed by atoms with van der Waals surface area (Å²) in [6.07, 6.45) is 1.56. The van der Waals surface area contributed by atoms with E-state index in [1.54, 1.807) is 55.8 Å². The van der Waals surface area contributed by atoms with Crippen LogP contribution in [0, 0.1) is 0 Å². The molecule has 28 heavy (non-hydrogen) atoms. The number of benzene rings is 2. The van der Waals surface area contributed by atoms with Crippen molar-refractivity contribution < 1.29 is 14.3 Å². The topological polar surface area (TPSA) is 72.5 Å². The van der Waals surface area contributed by atoms with Gasteiger partial charge in [0.2, 0.25) is 0 Å². The van der Waals surface area contributed by atoms with E-state index in [2.05, 4.69) is 15.6 Å². The molecular weight excluding hydrogens is 378 g/mol. The lowest BCUT2D eigenvalue weighted by atomic mass is 10.2. The number of amides is 1. The maximum absolute atomic E-state index is 12.6. The molecule has 0 bridgehead atoms. The van der Waals surface area contributed by atoms with E-state index in [4.69, 9.17) is 21.1 Å². The van der Waals surface area contributed by atoms with Crippen molar-refractivity contribution >= 4 is 34.7 Å². The molecule has 0 aliphatic heterocycles. The molecule has 6 nitrogen and oxygen atoms in total. The lowest BCUT2D eigenvalue weighted by Gasteiger charge is -2.12. The highest BCUT2D eigenvalue weighted by atomic mass is 35.5. The number of carbonyl (C=O) groups excluding carboxylic acids is 1. The number of halogens is 1. The molecule has 1 heterocycles. The van der Waals surface area contributed by atoms with Crippen LogP contribution in [-0.4, -0.2) is 24.6 Å². The Morgan fingerprint density at radius 3 is 2.61 bits per heavy atom. The Morgan fingerprint density at radius 2 is 1.89 bits per heavy atom. The monoisotopic (exact) mass is 397 g/mol. The van der Waals surface area contributed by atoms with Gasteiger partial charge in [0, 0.05) is 22.5 Å². The highest BCUT2D eigenvalue weighted by Crippen LogP contribution is 2.30. The number of nitrogens with one attached hydrogen (secondary N) is 2. The molecule has 144 valence electrons. The van der Waals surface area contributed by atoms with E-state index in [9.17, 15) is 4.79 Å². The number of nitrogens with zero attached hydrogens (tertiary/aromatic N) is 1. The Hall–Kier alpha value is -3.25. The first-order valence-electron chi connectivity index (χ1n) is 8.70. The molecule has 0 unspecified atom stereocenters. The largest absolute Gasteiger partial charge is 0.495 e. The van der Waals surface area contributed by atoms with Crippen molar-refractivity contribution in [3.63, 3.8) is 0 Å². The summed E-state index contributed by atoms with van der Waals surface area (Å²) in [5.41, 5.74) is 1.80. The lowest BCUT2D eigenvalue weighted by molar-refractivity contribution is 0.102. The zero-order valence-corrected chi connectivity index (χ0v) is 16.3. The van der Waals surface area contributed by atoms with E-state index in [-0.39, 0.29) is 5.91 Å². The molecule has 0 spiro atoms. The Labute approximate surface area is 168 Å². The fourth-order valence-electron chi connectivity index (χ4n) is 2.56. The zero-order valence-electron chi connectivity index (χ0n) is 15.5. The maximum Gasteiger partial charge on any atom is 0.255 e. The van der Waals surface area contributed by atoms with Crippen LogP contribution in [0.25, 0.3) is 0 Å². The maximum atomic E-state index is 12.6. The van der Waals surface area contributed by atoms with Crippen molar-refractivity contribution in [2.24, 2.45) is 0 Å². The SMILES string of the molecule is CCOc1ccc(NC(=O)c2ccnc(Nc3cc(Cl)ccc3OC)c2)cc1. The van der Waals surface area contributed by atoms with Crippen LogP contribution in [0.15, 0.2) is 60.8 Å². The minimum absolute atomic E-state index is 0.243. The third-order valence-electron chi connectivity index (χ3n) is 3.87. The van der Waals surface area contributed by atoms with Crippen LogP contribution in [0.5, 0.6) is 11.5 Å². The molecule has 0 aliphatic rings. The molecule has 0 saturated carbocycles. The van der Waals surface area contributed by atoms with Crippen LogP contribution in [0.1, 0.15) is 17.3 Å². The second-order valence-corrected chi connectivity index (χ2v) is 6.25. The van der Waals surface area contributed by atoms with Gasteiger partial charge < -0.3 is 20.1 Å². The van der Waals surface area contributed by atoms with E-state index in [0.29, 0.717) is 40.1 Å². The average molecular weight is 398 g/mol. The van der Waals surface area contributed by atoms with Crippen molar-refractivity contribution in [2.45, 2.75) is 6.92 Å². The minimum atomic E-state index is -0.243. The first-order chi connectivity index (χ1) is 13.6. The van der Waals surface area contributed by atoms with Gasteiger partial charge in [-0.2, -0.15) is 0 Å². The number of pyridine rings is 1. The van der Waals surface area contributed by atoms with Gasteiger partial charge in [-0.15, -0.1) is 0 Å². The summed E-state index contributed by atoms with van der Waals surface area (Å²) < 4.78 is 10.7. The van der Waals surface area contributed by atoms with Crippen LogP contribution < -0.4 is 20.1 Å². The molecule has 7 heteroatoms. The predicted molar refractivity (Wildman–Crippen MR) is 111 cm³/mol. The quantitative estimate of drug-likeness (QED) is 0.577. The van der Waals surface area contributed by atoms with E-state index in [1.807, 2.05) is 19.1 Å². The minimum Gasteiger partial charge on any atom is -0.495 e. The van der Waals surface area contributed by atoms with Crippen molar-refractivity contribution in [1.29, 1.82) is 0 Å². The predicted octanol–water partition coefficient (Wildman–Crippen LogP) is 5.14. The molecule has 0 atom stereocenters. The third kappa shape index (κ3) is 4.92. The van der Waals surface area contributed by atoms with Crippen molar-refractivity contribution in [1.82, 2.24) is 4.98 Å². The van der Waals surface area contributed by atoms with Gasteiger partial charge in [0.1, 0.15) is 17.3 Å². The Morgan fingerprint density at radius 1 is 1.11 bits per heavy atom. The molecule has 3 rings (SSSR count). The lowest BCUT2D eigenvalue weighted by Crippen LogP contribution is -2.12. The van der Waals surface area contributed by atoms with Crippen LogP contribution in [0.2, 0.25) is 5.02 Å². The summed E-state index contributed by atoms with van der Waals surface area (Å²) in [5, 5.41) is 6.54. The first kappa shape index (κ1) is 19.5. The molecule has 3 aromatic rings. The fraction of sp³-hybridized carbons (Fsp3) is 0.143. The average Bonchev–Trinajstić information content (AvgIpc) is 2.70. The highest BCUT2D eigenvalue weighted by molar-refractivity contribution is 6.31. The molecule has 0 aliphatic carbocycles. The Kier molecular flexibility index (Phi) is 6.34. The molecule has 2 aromatic carbocycles. The van der Waals surface area contributed by atoms with Crippen LogP contribution in [-0.2, 0) is 0 Å². The van der Waals surface area contributed by atoms with E-state index < -0.39 is 0 Å². The Balaban J connectivity index is 1.73. The normalized spacial score (nSPS) is 10.2. The van der Waals surface area contributed by atoms with E-state index >= 15 is 0 Å². The van der Waals surface area contributed by atoms with E-state index in [0.717, 1.165) is 5.75 Å². The Bertz CT molecular complexity index is 961. The van der Waals surface area contributed by atoms with Crippen molar-refractivity contribution in [3.05, 3.63) is 71.4 Å². The van der Waals surface area contributed by atoms with Gasteiger partial charge in [0.15, 0.2) is 0 Å². The van der Waals surface area contributed by atoms with Gasteiger partial charge in [-0.3, -0.25) is 4.79 Å². The van der Waals surface area contributed by atoms with Gasteiger partial charge in [-0.05, 0) is 61.5 Å². The fourth-order valence-corrected chi connectivity index (χ4v) is 2.73. The molecule has 0 radical (unpaired) electrons. The number of hydrogen-bond donors (Lipinski definition) is 2. The van der Waals surface area contributed by atoms with Gasteiger partial charge in [0.05, 0.1) is 19.4 Å². The van der Waals surface area contributed by atoms with Gasteiger partial charge in [-0.25, -0.2) is 4.98 Å². The summed E-state index contributed by atoms with van der Waals surface area (Å²) in [5.74, 6) is 1.63. The van der Waals surface area contributed by atoms with Crippen molar-refractivity contribution in [3.8, 4) is 11.5 Å². The number of carbonyl (C=O) groups is 1. The zero-order chi connectivity index (χ0) is 19.9. The second-order valence-electron chi connectivity index (χ2n) is 5.81. The van der Waals surface area contributed by atoms with Crippen molar-refractivity contribution in [2.75, 3.05) is 24.4 Å². The van der Waals surface area contributed by atoms with Crippen LogP contribution in [0.3, 0.4) is 0 Å². The molecule has 1 amide bonds. The summed E-state index contributed by atoms with van der Waals surface area (Å²) in [7, 11) is 1.57. The molecular formula is C21H20ClN3O3. The van der Waals surface area contributed by atoms with Gasteiger partial charge in [0.25, 0.3) is 5.91 Å².